The molecule has 0 spiro atoms. The molecule has 26 heavy (non-hydrogen) atoms. The van der Waals surface area contributed by atoms with E-state index < -0.39 is 33.9 Å². The van der Waals surface area contributed by atoms with Crippen LogP contribution in [0, 0.1) is 5.82 Å². The number of halogens is 5. The van der Waals surface area contributed by atoms with Gasteiger partial charge in [-0.25, -0.2) is 4.39 Å². The lowest BCUT2D eigenvalue weighted by molar-refractivity contribution is -0.137. The number of benzene rings is 2. The molecule has 0 heterocycles. The van der Waals surface area contributed by atoms with E-state index in [0.717, 1.165) is 25.0 Å². The first kappa shape index (κ1) is 18.7. The van der Waals surface area contributed by atoms with Gasteiger partial charge in [0.25, 0.3) is 0 Å². The first-order chi connectivity index (χ1) is 12.2. The molecule has 0 radical (unpaired) electrons. The minimum atomic E-state index is -4.62. The largest absolute Gasteiger partial charge is 0.417 e. The molecule has 1 saturated carbocycles. The Labute approximate surface area is 153 Å². The van der Waals surface area contributed by atoms with Gasteiger partial charge in [0.1, 0.15) is 5.82 Å². The van der Waals surface area contributed by atoms with Crippen molar-refractivity contribution in [2.45, 2.75) is 37.3 Å². The van der Waals surface area contributed by atoms with Crippen molar-refractivity contribution in [1.29, 1.82) is 0 Å². The van der Waals surface area contributed by atoms with Crippen LogP contribution in [-0.2, 0) is 16.4 Å². The predicted octanol–water partition coefficient (Wildman–Crippen LogP) is 5.95. The Kier molecular flexibility index (Phi) is 4.97. The molecule has 1 aliphatic carbocycles. The first-order valence-electron chi connectivity index (χ1n) is 8.17. The Morgan fingerprint density at radius 2 is 1.77 bits per heavy atom. The van der Waals surface area contributed by atoms with E-state index in [9.17, 15) is 22.4 Å². The second-order valence-corrected chi connectivity index (χ2v) is 6.85. The van der Waals surface area contributed by atoms with E-state index in [-0.39, 0.29) is 5.69 Å². The second-order valence-electron chi connectivity index (χ2n) is 6.45. The second kappa shape index (κ2) is 6.91. The molecule has 0 aliphatic heterocycles. The molecule has 2 aromatic rings. The molecule has 1 fully saturated rings. The van der Waals surface area contributed by atoms with E-state index >= 15 is 0 Å². The molecule has 0 unspecified atom stereocenters. The lowest BCUT2D eigenvalue weighted by atomic mass is 9.78. The number of carbonyl (C=O) groups is 1. The zero-order valence-electron chi connectivity index (χ0n) is 13.7. The molecule has 1 amide bonds. The molecule has 1 aliphatic rings. The number of hydrogen-bond donors (Lipinski definition) is 1. The smallest absolute Gasteiger partial charge is 0.325 e. The lowest BCUT2D eigenvalue weighted by Gasteiger charge is -2.28. The van der Waals surface area contributed by atoms with Gasteiger partial charge in [-0.2, -0.15) is 13.2 Å². The molecular formula is C19H16ClF4NO. The van der Waals surface area contributed by atoms with Gasteiger partial charge in [-0.3, -0.25) is 4.79 Å². The fourth-order valence-corrected chi connectivity index (χ4v) is 3.71. The van der Waals surface area contributed by atoms with Gasteiger partial charge in [0.15, 0.2) is 0 Å². The van der Waals surface area contributed by atoms with E-state index in [2.05, 4.69) is 5.32 Å². The van der Waals surface area contributed by atoms with Crippen molar-refractivity contribution in [3.63, 3.8) is 0 Å². The summed E-state index contributed by atoms with van der Waals surface area (Å²) in [5, 5.41) is 2.13. The predicted molar refractivity (Wildman–Crippen MR) is 91.6 cm³/mol. The van der Waals surface area contributed by atoms with Crippen LogP contribution in [0.3, 0.4) is 0 Å². The minimum absolute atomic E-state index is 0.00871. The Bertz CT molecular complexity index is 829. The van der Waals surface area contributed by atoms with Crippen molar-refractivity contribution in [1.82, 2.24) is 0 Å². The van der Waals surface area contributed by atoms with Crippen LogP contribution in [0.1, 0.15) is 36.8 Å². The van der Waals surface area contributed by atoms with Gasteiger partial charge in [-0.15, -0.1) is 0 Å². The van der Waals surface area contributed by atoms with Crippen molar-refractivity contribution in [3.05, 3.63) is 64.4 Å². The van der Waals surface area contributed by atoms with Crippen molar-refractivity contribution < 1.29 is 22.4 Å². The topological polar surface area (TPSA) is 29.1 Å². The normalized spacial score (nSPS) is 16.5. The maximum atomic E-state index is 13.6. The monoisotopic (exact) mass is 385 g/mol. The summed E-state index contributed by atoms with van der Waals surface area (Å²) >= 11 is 5.61. The number of amides is 1. The van der Waals surface area contributed by atoms with Crippen molar-refractivity contribution in [2.75, 3.05) is 5.32 Å². The Hall–Kier alpha value is -2.08. The summed E-state index contributed by atoms with van der Waals surface area (Å²) < 4.78 is 52.7. The zero-order valence-corrected chi connectivity index (χ0v) is 14.4. The van der Waals surface area contributed by atoms with E-state index in [1.165, 1.54) is 24.3 Å². The SMILES string of the molecule is O=C(Nc1ccc(Cl)c(C(F)(F)F)c1)C1(c2cccc(F)c2)CCCC1. The van der Waals surface area contributed by atoms with Crippen molar-refractivity contribution in [3.8, 4) is 0 Å². The Morgan fingerprint density at radius 3 is 2.38 bits per heavy atom. The number of carbonyl (C=O) groups excluding carboxylic acids is 1. The van der Waals surface area contributed by atoms with Crippen LogP contribution in [0.5, 0.6) is 0 Å². The molecule has 2 aromatic carbocycles. The zero-order chi connectivity index (χ0) is 18.9. The highest BCUT2D eigenvalue weighted by atomic mass is 35.5. The fraction of sp³-hybridized carbons (Fsp3) is 0.316. The van der Waals surface area contributed by atoms with Gasteiger partial charge in [0.2, 0.25) is 5.91 Å². The van der Waals surface area contributed by atoms with Crippen LogP contribution in [0.2, 0.25) is 5.02 Å². The van der Waals surface area contributed by atoms with Crippen LogP contribution in [0.15, 0.2) is 42.5 Å². The summed E-state index contributed by atoms with van der Waals surface area (Å²) in [6.07, 6.45) is -2.01. The number of anilines is 1. The fourth-order valence-electron chi connectivity index (χ4n) is 3.48. The molecule has 138 valence electrons. The molecule has 2 nitrogen and oxygen atoms in total. The molecule has 3 rings (SSSR count). The highest BCUT2D eigenvalue weighted by Crippen LogP contribution is 2.43. The Balaban J connectivity index is 1.93. The first-order valence-corrected chi connectivity index (χ1v) is 8.54. The van der Waals surface area contributed by atoms with E-state index in [0.29, 0.717) is 18.4 Å². The third-order valence-electron chi connectivity index (χ3n) is 4.80. The quantitative estimate of drug-likeness (QED) is 0.650. The number of nitrogens with one attached hydrogen (secondary N) is 1. The van der Waals surface area contributed by atoms with Gasteiger partial charge in [0, 0.05) is 5.69 Å². The molecule has 0 saturated heterocycles. The standard InChI is InChI=1S/C19H16ClF4NO/c20-16-7-6-14(11-15(16)19(22,23)24)25-17(26)18(8-1-2-9-18)12-4-3-5-13(21)10-12/h3-7,10-11H,1-2,8-9H2,(H,25,26). The Morgan fingerprint density at radius 1 is 1.08 bits per heavy atom. The van der Waals surface area contributed by atoms with Crippen LogP contribution < -0.4 is 5.32 Å². The highest BCUT2D eigenvalue weighted by Gasteiger charge is 2.43. The van der Waals surface area contributed by atoms with Gasteiger partial charge < -0.3 is 5.32 Å². The average molecular weight is 386 g/mol. The lowest BCUT2D eigenvalue weighted by Crippen LogP contribution is -2.38. The average Bonchev–Trinajstić information content (AvgIpc) is 3.06. The maximum absolute atomic E-state index is 13.6. The molecule has 0 aromatic heterocycles. The summed E-state index contributed by atoms with van der Waals surface area (Å²) in [5.41, 5.74) is -1.41. The summed E-state index contributed by atoms with van der Waals surface area (Å²) in [6.45, 7) is 0. The maximum Gasteiger partial charge on any atom is 0.417 e. The molecule has 0 bridgehead atoms. The third kappa shape index (κ3) is 3.56. The van der Waals surface area contributed by atoms with Gasteiger partial charge in [-0.05, 0) is 48.7 Å². The summed E-state index contributed by atoms with van der Waals surface area (Å²) in [5.74, 6) is -0.886. The van der Waals surface area contributed by atoms with Crippen molar-refractivity contribution in [2.24, 2.45) is 0 Å². The van der Waals surface area contributed by atoms with E-state index in [4.69, 9.17) is 11.6 Å². The molecule has 7 heteroatoms. The van der Waals surface area contributed by atoms with E-state index in [1.807, 2.05) is 0 Å². The number of rotatable bonds is 3. The molecular weight excluding hydrogens is 370 g/mol. The van der Waals surface area contributed by atoms with Crippen LogP contribution >= 0.6 is 11.6 Å². The van der Waals surface area contributed by atoms with E-state index in [1.54, 1.807) is 6.07 Å². The third-order valence-corrected chi connectivity index (χ3v) is 5.13. The van der Waals surface area contributed by atoms with Crippen molar-refractivity contribution >= 4 is 23.2 Å². The number of hydrogen-bond acceptors (Lipinski definition) is 1. The summed E-state index contributed by atoms with van der Waals surface area (Å²) in [6, 6.07) is 9.05. The van der Waals surface area contributed by atoms with Crippen LogP contribution in [0.4, 0.5) is 23.2 Å². The molecule has 0 atom stereocenters. The minimum Gasteiger partial charge on any atom is -0.325 e. The van der Waals surface area contributed by atoms with Gasteiger partial charge in [0.05, 0.1) is 16.0 Å². The number of alkyl halides is 3. The van der Waals surface area contributed by atoms with Crippen LogP contribution in [-0.4, -0.2) is 5.91 Å². The molecule has 1 N–H and O–H groups in total. The summed E-state index contributed by atoms with van der Waals surface area (Å²) in [7, 11) is 0. The van der Waals surface area contributed by atoms with Crippen LogP contribution in [0.25, 0.3) is 0 Å². The van der Waals surface area contributed by atoms with Gasteiger partial charge >= 0.3 is 6.18 Å². The summed E-state index contributed by atoms with van der Waals surface area (Å²) in [4.78, 5) is 12.9. The van der Waals surface area contributed by atoms with Gasteiger partial charge in [-0.1, -0.05) is 36.6 Å². The highest BCUT2D eigenvalue weighted by molar-refractivity contribution is 6.31.